The normalized spacial score (nSPS) is 13.6. The van der Waals surface area contributed by atoms with Gasteiger partial charge in [-0.3, -0.25) is 4.79 Å². The van der Waals surface area contributed by atoms with E-state index in [1.165, 1.54) is 7.11 Å². The number of amides is 1. The van der Waals surface area contributed by atoms with E-state index in [1.54, 1.807) is 36.5 Å². The van der Waals surface area contributed by atoms with Crippen molar-refractivity contribution >= 4 is 29.1 Å². The molecule has 1 aliphatic carbocycles. The molecule has 2 N–H and O–H groups in total. The molecule has 28 heavy (non-hydrogen) atoms. The van der Waals surface area contributed by atoms with E-state index in [-0.39, 0.29) is 11.8 Å². The molecule has 148 valence electrons. The zero-order valence-electron chi connectivity index (χ0n) is 16.5. The van der Waals surface area contributed by atoms with Crippen LogP contribution in [0, 0.1) is 5.92 Å². The molecule has 0 unspecified atom stereocenters. The number of hydrogen-bond acceptors (Lipinski definition) is 6. The monoisotopic (exact) mass is 383 g/mol. The SMILES string of the molecule is COc1c(Nc2ccnc(NC(=O)C3CC3)c2)cccc1C(=O)OC(C)(C)C. The Morgan fingerprint density at radius 1 is 1.18 bits per heavy atom. The number of hydrogen-bond donors (Lipinski definition) is 2. The summed E-state index contributed by atoms with van der Waals surface area (Å²) in [5, 5.41) is 6.03. The number of nitrogens with one attached hydrogen (secondary N) is 2. The summed E-state index contributed by atoms with van der Waals surface area (Å²) < 4.78 is 10.9. The topological polar surface area (TPSA) is 89.5 Å². The number of carbonyl (C=O) groups excluding carboxylic acids is 2. The number of para-hydroxylation sites is 1. The van der Waals surface area contributed by atoms with Gasteiger partial charge in [-0.1, -0.05) is 6.07 Å². The van der Waals surface area contributed by atoms with Crippen molar-refractivity contribution in [2.45, 2.75) is 39.2 Å². The smallest absolute Gasteiger partial charge is 0.342 e. The second-order valence-corrected chi connectivity index (χ2v) is 7.71. The van der Waals surface area contributed by atoms with Crippen LogP contribution in [0.1, 0.15) is 44.0 Å². The predicted molar refractivity (Wildman–Crippen MR) is 107 cm³/mol. The summed E-state index contributed by atoms with van der Waals surface area (Å²) in [6.45, 7) is 5.44. The fraction of sp³-hybridized carbons (Fsp3) is 0.381. The Bertz CT molecular complexity index is 885. The third kappa shape index (κ3) is 5.00. The lowest BCUT2D eigenvalue weighted by Gasteiger charge is -2.21. The number of anilines is 3. The lowest BCUT2D eigenvalue weighted by molar-refractivity contribution is -0.117. The van der Waals surface area contributed by atoms with E-state index in [4.69, 9.17) is 9.47 Å². The average Bonchev–Trinajstić information content (AvgIpc) is 3.45. The fourth-order valence-corrected chi connectivity index (χ4v) is 2.66. The number of rotatable bonds is 6. The van der Waals surface area contributed by atoms with Crippen molar-refractivity contribution in [2.75, 3.05) is 17.7 Å². The van der Waals surface area contributed by atoms with Crippen LogP contribution in [-0.4, -0.2) is 29.6 Å². The van der Waals surface area contributed by atoms with Crippen LogP contribution in [0.15, 0.2) is 36.5 Å². The highest BCUT2D eigenvalue weighted by molar-refractivity contribution is 5.96. The first-order chi connectivity index (χ1) is 13.3. The first kappa shape index (κ1) is 19.7. The molecular weight excluding hydrogens is 358 g/mol. The molecule has 2 aromatic rings. The Morgan fingerprint density at radius 2 is 1.93 bits per heavy atom. The molecule has 1 aromatic carbocycles. The fourth-order valence-electron chi connectivity index (χ4n) is 2.66. The van der Waals surface area contributed by atoms with Gasteiger partial charge in [0.2, 0.25) is 5.91 Å². The van der Waals surface area contributed by atoms with E-state index < -0.39 is 11.6 Å². The highest BCUT2D eigenvalue weighted by Crippen LogP contribution is 2.33. The first-order valence-electron chi connectivity index (χ1n) is 9.21. The summed E-state index contributed by atoms with van der Waals surface area (Å²) in [6.07, 6.45) is 3.46. The van der Waals surface area contributed by atoms with Gasteiger partial charge in [0, 0.05) is 23.9 Å². The molecule has 7 nitrogen and oxygen atoms in total. The van der Waals surface area contributed by atoms with Gasteiger partial charge >= 0.3 is 5.97 Å². The highest BCUT2D eigenvalue weighted by Gasteiger charge is 2.29. The van der Waals surface area contributed by atoms with E-state index >= 15 is 0 Å². The molecule has 3 rings (SSSR count). The Balaban J connectivity index is 1.81. The zero-order chi connectivity index (χ0) is 20.3. The Hall–Kier alpha value is -3.09. The summed E-state index contributed by atoms with van der Waals surface area (Å²) in [5.41, 5.74) is 1.04. The lowest BCUT2D eigenvalue weighted by Crippen LogP contribution is -2.24. The van der Waals surface area contributed by atoms with E-state index in [0.717, 1.165) is 12.8 Å². The van der Waals surface area contributed by atoms with Gasteiger partial charge in [0.05, 0.1) is 12.8 Å². The molecule has 0 bridgehead atoms. The highest BCUT2D eigenvalue weighted by atomic mass is 16.6. The van der Waals surface area contributed by atoms with Crippen molar-refractivity contribution < 1.29 is 19.1 Å². The quantitative estimate of drug-likeness (QED) is 0.729. The molecule has 0 saturated heterocycles. The molecule has 0 radical (unpaired) electrons. The number of methoxy groups -OCH3 is 1. The molecule has 7 heteroatoms. The molecule has 0 atom stereocenters. The van der Waals surface area contributed by atoms with Gasteiger partial charge < -0.3 is 20.1 Å². The molecule has 0 spiro atoms. The summed E-state index contributed by atoms with van der Waals surface area (Å²) >= 11 is 0. The van der Waals surface area contributed by atoms with Crippen molar-refractivity contribution in [1.29, 1.82) is 0 Å². The lowest BCUT2D eigenvalue weighted by atomic mass is 10.1. The van der Waals surface area contributed by atoms with Crippen LogP contribution in [0.5, 0.6) is 5.75 Å². The van der Waals surface area contributed by atoms with Crippen molar-refractivity contribution in [1.82, 2.24) is 4.98 Å². The van der Waals surface area contributed by atoms with Crippen LogP contribution in [0.25, 0.3) is 0 Å². The van der Waals surface area contributed by atoms with Crippen LogP contribution < -0.4 is 15.4 Å². The third-order valence-electron chi connectivity index (χ3n) is 4.08. The second kappa shape index (κ2) is 7.88. The van der Waals surface area contributed by atoms with Gasteiger partial charge in [-0.25, -0.2) is 9.78 Å². The Kier molecular flexibility index (Phi) is 5.53. The van der Waals surface area contributed by atoms with E-state index in [1.807, 2.05) is 20.8 Å². The van der Waals surface area contributed by atoms with Crippen molar-refractivity contribution in [2.24, 2.45) is 5.92 Å². The maximum Gasteiger partial charge on any atom is 0.342 e. The van der Waals surface area contributed by atoms with Crippen LogP contribution >= 0.6 is 0 Å². The predicted octanol–water partition coefficient (Wildman–Crippen LogP) is 4.14. The van der Waals surface area contributed by atoms with Gasteiger partial charge in [0.25, 0.3) is 0 Å². The van der Waals surface area contributed by atoms with Crippen molar-refractivity contribution in [3.05, 3.63) is 42.1 Å². The minimum absolute atomic E-state index is 0.00541. The number of nitrogens with zero attached hydrogens (tertiary/aromatic N) is 1. The molecule has 1 aliphatic rings. The summed E-state index contributed by atoms with van der Waals surface area (Å²) in [5.74, 6) is 0.500. The molecule has 1 aromatic heterocycles. The number of aromatic nitrogens is 1. The Morgan fingerprint density at radius 3 is 2.57 bits per heavy atom. The molecular formula is C21H25N3O4. The maximum atomic E-state index is 12.5. The Labute approximate surface area is 164 Å². The van der Waals surface area contributed by atoms with E-state index in [0.29, 0.717) is 28.5 Å². The summed E-state index contributed by atoms with van der Waals surface area (Å²) in [7, 11) is 1.50. The molecule has 0 aliphatic heterocycles. The molecule has 1 heterocycles. The number of pyridine rings is 1. The minimum atomic E-state index is -0.606. The average molecular weight is 383 g/mol. The maximum absolute atomic E-state index is 12.5. The standard InChI is InChI=1S/C21H25N3O4/c1-21(2,3)28-20(26)15-6-5-7-16(18(15)27-4)23-14-10-11-22-17(12-14)24-19(25)13-8-9-13/h5-7,10-13H,8-9H2,1-4H3,(H2,22,23,24,25). The van der Waals surface area contributed by atoms with Crippen LogP contribution in [0.2, 0.25) is 0 Å². The number of carbonyl (C=O) groups is 2. The largest absolute Gasteiger partial charge is 0.494 e. The van der Waals surface area contributed by atoms with Gasteiger partial charge in [0.1, 0.15) is 17.0 Å². The molecule has 1 fully saturated rings. The van der Waals surface area contributed by atoms with Crippen LogP contribution in [0.3, 0.4) is 0 Å². The van der Waals surface area contributed by atoms with Gasteiger partial charge in [0.15, 0.2) is 5.75 Å². The van der Waals surface area contributed by atoms with E-state index in [2.05, 4.69) is 15.6 Å². The summed E-state index contributed by atoms with van der Waals surface area (Å²) in [4.78, 5) is 28.6. The van der Waals surface area contributed by atoms with Crippen LogP contribution in [0.4, 0.5) is 17.2 Å². The zero-order valence-corrected chi connectivity index (χ0v) is 16.5. The van der Waals surface area contributed by atoms with E-state index in [9.17, 15) is 9.59 Å². The van der Waals surface area contributed by atoms with Gasteiger partial charge in [-0.2, -0.15) is 0 Å². The van der Waals surface area contributed by atoms with Crippen LogP contribution in [-0.2, 0) is 9.53 Å². The third-order valence-corrected chi connectivity index (χ3v) is 4.08. The van der Waals surface area contributed by atoms with Gasteiger partial charge in [-0.15, -0.1) is 0 Å². The first-order valence-corrected chi connectivity index (χ1v) is 9.21. The van der Waals surface area contributed by atoms with Gasteiger partial charge in [-0.05, 0) is 51.8 Å². The molecule has 1 saturated carbocycles. The number of esters is 1. The minimum Gasteiger partial charge on any atom is -0.494 e. The number of ether oxygens (including phenoxy) is 2. The van der Waals surface area contributed by atoms with Crippen molar-refractivity contribution in [3.63, 3.8) is 0 Å². The van der Waals surface area contributed by atoms with Crippen molar-refractivity contribution in [3.8, 4) is 5.75 Å². The summed E-state index contributed by atoms with van der Waals surface area (Å²) in [6, 6.07) is 8.72. The molecule has 1 amide bonds. The number of benzene rings is 1. The second-order valence-electron chi connectivity index (χ2n) is 7.71.